The summed E-state index contributed by atoms with van der Waals surface area (Å²) in [5, 5.41) is 0. The number of hydrogen-bond donors (Lipinski definition) is 1. The molecule has 106 valence electrons. The molecule has 1 aromatic carbocycles. The van der Waals surface area contributed by atoms with E-state index in [1.807, 2.05) is 0 Å². The van der Waals surface area contributed by atoms with Crippen LogP contribution in [0.3, 0.4) is 0 Å². The van der Waals surface area contributed by atoms with Crippen LogP contribution < -0.4 is 15.2 Å². The molecule has 7 heteroatoms. The normalized spacial score (nSPS) is 10.4. The second-order valence-electron chi connectivity index (χ2n) is 3.78. The second kappa shape index (κ2) is 6.04. The molecule has 0 bridgehead atoms. The molecule has 0 saturated carbocycles. The first-order valence-electron chi connectivity index (χ1n) is 5.73. The fourth-order valence-corrected chi connectivity index (χ4v) is 1.87. The van der Waals surface area contributed by atoms with Gasteiger partial charge < -0.3 is 15.2 Å². The van der Waals surface area contributed by atoms with Crippen molar-refractivity contribution in [2.24, 2.45) is 0 Å². The van der Waals surface area contributed by atoms with Crippen LogP contribution in [-0.4, -0.2) is 11.6 Å². The zero-order valence-corrected chi connectivity index (χ0v) is 12.1. The van der Waals surface area contributed by atoms with Crippen molar-refractivity contribution in [2.75, 3.05) is 12.3 Å². The molecule has 0 aliphatic carbocycles. The van der Waals surface area contributed by atoms with Gasteiger partial charge in [-0.25, -0.2) is 4.39 Å². The minimum atomic E-state index is -1.09. The molecule has 0 aliphatic heterocycles. The smallest absolute Gasteiger partial charge is 0.240 e. The van der Waals surface area contributed by atoms with E-state index in [2.05, 4.69) is 20.9 Å². The minimum absolute atomic E-state index is 0.0547. The molecular weight excluding hydrogens is 334 g/mol. The summed E-state index contributed by atoms with van der Waals surface area (Å²) in [5.41, 5.74) is 6.00. The van der Waals surface area contributed by atoms with Crippen LogP contribution in [0.2, 0.25) is 0 Å². The van der Waals surface area contributed by atoms with Crippen molar-refractivity contribution in [1.29, 1.82) is 0 Å². The van der Waals surface area contributed by atoms with Gasteiger partial charge in [-0.15, -0.1) is 0 Å². The maximum Gasteiger partial charge on any atom is 0.240 e. The molecule has 0 atom stereocenters. The molecule has 4 nitrogen and oxygen atoms in total. The molecule has 0 aliphatic rings. The Morgan fingerprint density at radius 3 is 2.75 bits per heavy atom. The van der Waals surface area contributed by atoms with Crippen molar-refractivity contribution in [3.63, 3.8) is 0 Å². The van der Waals surface area contributed by atoms with Gasteiger partial charge in [0.15, 0.2) is 11.6 Å². The number of nitrogen functional groups attached to an aromatic ring is 1. The van der Waals surface area contributed by atoms with E-state index in [9.17, 15) is 8.78 Å². The summed E-state index contributed by atoms with van der Waals surface area (Å²) in [7, 11) is 0. The van der Waals surface area contributed by atoms with Crippen LogP contribution in [0.1, 0.15) is 6.92 Å². The first kappa shape index (κ1) is 14.5. The van der Waals surface area contributed by atoms with E-state index >= 15 is 0 Å². The lowest BCUT2D eigenvalue weighted by Gasteiger charge is -2.10. The highest BCUT2D eigenvalue weighted by Gasteiger charge is 2.13. The van der Waals surface area contributed by atoms with E-state index in [1.54, 1.807) is 6.92 Å². The molecule has 1 heterocycles. The van der Waals surface area contributed by atoms with Gasteiger partial charge >= 0.3 is 0 Å². The predicted octanol–water partition coefficient (Wildman–Crippen LogP) is 3.90. The molecule has 20 heavy (non-hydrogen) atoms. The predicted molar refractivity (Wildman–Crippen MR) is 74.0 cm³/mol. The maximum absolute atomic E-state index is 13.6. The summed E-state index contributed by atoms with van der Waals surface area (Å²) >= 11 is 3.06. The van der Waals surface area contributed by atoms with Crippen molar-refractivity contribution in [3.8, 4) is 17.5 Å². The molecule has 0 unspecified atom stereocenters. The zero-order valence-electron chi connectivity index (χ0n) is 10.5. The Morgan fingerprint density at radius 2 is 2.05 bits per heavy atom. The number of rotatable bonds is 4. The van der Waals surface area contributed by atoms with Gasteiger partial charge in [-0.3, -0.25) is 0 Å². The summed E-state index contributed by atoms with van der Waals surface area (Å²) in [6.45, 7) is 2.15. The van der Waals surface area contributed by atoms with Crippen LogP contribution in [0.15, 0.2) is 28.7 Å². The number of hydrogen-bond acceptors (Lipinski definition) is 4. The van der Waals surface area contributed by atoms with Gasteiger partial charge in [0.05, 0.1) is 12.3 Å². The molecule has 0 amide bonds. The molecule has 0 radical (unpaired) electrons. The van der Waals surface area contributed by atoms with Gasteiger partial charge in [0, 0.05) is 10.5 Å². The van der Waals surface area contributed by atoms with Crippen molar-refractivity contribution in [1.82, 2.24) is 4.98 Å². The molecule has 2 aromatic rings. The van der Waals surface area contributed by atoms with E-state index in [0.717, 1.165) is 6.07 Å². The van der Waals surface area contributed by atoms with Gasteiger partial charge in [-0.05, 0) is 25.1 Å². The molecule has 2 rings (SSSR count). The molecule has 1 aromatic heterocycles. The monoisotopic (exact) mass is 344 g/mol. The van der Waals surface area contributed by atoms with Gasteiger partial charge in [0.25, 0.3) is 0 Å². The summed E-state index contributed by atoms with van der Waals surface area (Å²) in [5.74, 6) is -2.16. The SMILES string of the molecule is CCOc1nc(Oc2cc(Br)cc(F)c2F)ccc1N. The number of anilines is 1. The van der Waals surface area contributed by atoms with Crippen molar-refractivity contribution < 1.29 is 18.3 Å². The van der Waals surface area contributed by atoms with Crippen molar-refractivity contribution in [2.45, 2.75) is 6.92 Å². The Bertz CT molecular complexity index is 638. The van der Waals surface area contributed by atoms with Gasteiger partial charge in [0.1, 0.15) is 0 Å². The number of benzene rings is 1. The lowest BCUT2D eigenvalue weighted by Crippen LogP contribution is -2.01. The third-order valence-electron chi connectivity index (χ3n) is 2.32. The Balaban J connectivity index is 2.33. The highest BCUT2D eigenvalue weighted by molar-refractivity contribution is 9.10. The molecular formula is C13H11BrF2N2O2. The average Bonchev–Trinajstić information content (AvgIpc) is 2.39. The fourth-order valence-electron chi connectivity index (χ4n) is 1.46. The number of aromatic nitrogens is 1. The number of halogens is 3. The van der Waals surface area contributed by atoms with E-state index in [4.69, 9.17) is 15.2 Å². The standard InChI is InChI=1S/C13H11BrF2N2O2/c1-2-19-13-9(17)3-4-11(18-13)20-10-6-7(14)5-8(15)12(10)16/h3-6H,2,17H2,1H3. The number of nitrogens with zero attached hydrogens (tertiary/aromatic N) is 1. The Kier molecular flexibility index (Phi) is 4.39. The molecule has 2 N–H and O–H groups in total. The Hall–Kier alpha value is -1.89. The summed E-state index contributed by atoms with van der Waals surface area (Å²) in [4.78, 5) is 3.98. The summed E-state index contributed by atoms with van der Waals surface area (Å²) < 4.78 is 37.6. The zero-order chi connectivity index (χ0) is 14.7. The van der Waals surface area contributed by atoms with E-state index in [0.29, 0.717) is 16.8 Å². The lowest BCUT2D eigenvalue weighted by atomic mass is 10.3. The van der Waals surface area contributed by atoms with Gasteiger partial charge in [-0.2, -0.15) is 9.37 Å². The molecule has 0 saturated heterocycles. The topological polar surface area (TPSA) is 57.4 Å². The van der Waals surface area contributed by atoms with E-state index < -0.39 is 11.6 Å². The number of pyridine rings is 1. The van der Waals surface area contributed by atoms with Crippen molar-refractivity contribution in [3.05, 3.63) is 40.4 Å². The molecule has 0 fully saturated rings. The van der Waals surface area contributed by atoms with Crippen LogP contribution >= 0.6 is 15.9 Å². The fraction of sp³-hybridized carbons (Fsp3) is 0.154. The third kappa shape index (κ3) is 3.16. The number of nitrogens with two attached hydrogens (primary N) is 1. The first-order valence-corrected chi connectivity index (χ1v) is 6.52. The highest BCUT2D eigenvalue weighted by Crippen LogP contribution is 2.30. The van der Waals surface area contributed by atoms with Crippen LogP contribution in [0.25, 0.3) is 0 Å². The third-order valence-corrected chi connectivity index (χ3v) is 2.78. The number of ether oxygens (including phenoxy) is 2. The van der Waals surface area contributed by atoms with Gasteiger partial charge in [-0.1, -0.05) is 15.9 Å². The first-order chi connectivity index (χ1) is 9.51. The quantitative estimate of drug-likeness (QED) is 0.854. The van der Waals surface area contributed by atoms with Crippen LogP contribution in [0.4, 0.5) is 14.5 Å². The van der Waals surface area contributed by atoms with Crippen molar-refractivity contribution >= 4 is 21.6 Å². The largest absolute Gasteiger partial charge is 0.476 e. The van der Waals surface area contributed by atoms with E-state index in [1.165, 1.54) is 18.2 Å². The minimum Gasteiger partial charge on any atom is -0.476 e. The summed E-state index contributed by atoms with van der Waals surface area (Å²) in [6.07, 6.45) is 0. The lowest BCUT2D eigenvalue weighted by molar-refractivity contribution is 0.321. The molecule has 0 spiro atoms. The summed E-state index contributed by atoms with van der Waals surface area (Å²) in [6, 6.07) is 5.26. The van der Waals surface area contributed by atoms with Crippen LogP contribution in [0.5, 0.6) is 17.5 Å². The highest BCUT2D eigenvalue weighted by atomic mass is 79.9. The maximum atomic E-state index is 13.6. The Labute approximate surface area is 122 Å². The average molecular weight is 345 g/mol. The van der Waals surface area contributed by atoms with Crippen LogP contribution in [0, 0.1) is 11.6 Å². The van der Waals surface area contributed by atoms with Gasteiger partial charge in [0.2, 0.25) is 17.6 Å². The van der Waals surface area contributed by atoms with E-state index in [-0.39, 0.29) is 17.5 Å². The second-order valence-corrected chi connectivity index (χ2v) is 4.69. The Morgan fingerprint density at radius 1 is 1.30 bits per heavy atom. The van der Waals surface area contributed by atoms with Crippen LogP contribution in [-0.2, 0) is 0 Å².